The average molecular weight is 324 g/mol. The van der Waals surface area contributed by atoms with Gasteiger partial charge in [-0.3, -0.25) is 9.69 Å². The first-order valence-electron chi connectivity index (χ1n) is 8.92. The minimum Gasteiger partial charge on any atom is -0.377 e. The van der Waals surface area contributed by atoms with Gasteiger partial charge in [0.2, 0.25) is 0 Å². The van der Waals surface area contributed by atoms with Crippen LogP contribution in [0.3, 0.4) is 0 Å². The number of hydrogen-bond acceptors (Lipinski definition) is 3. The third-order valence-corrected chi connectivity index (χ3v) is 5.17. The molecular formula is C20H24N2O2. The molecule has 0 aromatic heterocycles. The third kappa shape index (κ3) is 3.17. The Hall–Kier alpha value is -1.91. The molecule has 2 heterocycles. The largest absolute Gasteiger partial charge is 0.377 e. The lowest BCUT2D eigenvalue weighted by molar-refractivity contribution is 0.0434. The van der Waals surface area contributed by atoms with Crippen LogP contribution in [0, 0.1) is 0 Å². The molecule has 1 atom stereocenters. The van der Waals surface area contributed by atoms with E-state index in [1.54, 1.807) is 0 Å². The Kier molecular flexibility index (Phi) is 4.50. The summed E-state index contributed by atoms with van der Waals surface area (Å²) in [6.07, 6.45) is 2.75. The van der Waals surface area contributed by atoms with Gasteiger partial charge in [0.15, 0.2) is 0 Å². The first kappa shape index (κ1) is 15.6. The Balaban J connectivity index is 1.42. The van der Waals surface area contributed by atoms with Gasteiger partial charge in [0.05, 0.1) is 6.10 Å². The molecule has 0 N–H and O–H groups in total. The summed E-state index contributed by atoms with van der Waals surface area (Å²) >= 11 is 0. The fourth-order valence-corrected chi connectivity index (χ4v) is 3.79. The molecule has 4 heteroatoms. The fourth-order valence-electron chi connectivity index (χ4n) is 3.79. The molecule has 0 saturated carbocycles. The Morgan fingerprint density at radius 1 is 1.04 bits per heavy atom. The van der Waals surface area contributed by atoms with Crippen LogP contribution in [0.5, 0.6) is 0 Å². The van der Waals surface area contributed by atoms with Crippen LogP contribution in [0.15, 0.2) is 42.5 Å². The summed E-state index contributed by atoms with van der Waals surface area (Å²) in [6.45, 7) is 5.40. The molecule has 0 aliphatic carbocycles. The van der Waals surface area contributed by atoms with Crippen LogP contribution >= 0.6 is 0 Å². The molecule has 0 radical (unpaired) electrons. The van der Waals surface area contributed by atoms with Crippen molar-refractivity contribution in [3.05, 3.63) is 48.0 Å². The van der Waals surface area contributed by atoms with E-state index in [9.17, 15) is 4.79 Å². The third-order valence-electron chi connectivity index (χ3n) is 5.17. The quantitative estimate of drug-likeness (QED) is 0.870. The van der Waals surface area contributed by atoms with Gasteiger partial charge in [0, 0.05) is 44.9 Å². The number of carbonyl (C=O) groups excluding carboxylic acids is 1. The monoisotopic (exact) mass is 324 g/mol. The molecule has 2 aromatic rings. The normalized spacial score (nSPS) is 22.2. The minimum atomic E-state index is 0.156. The summed E-state index contributed by atoms with van der Waals surface area (Å²) in [6, 6.07) is 14.1. The lowest BCUT2D eigenvalue weighted by Crippen LogP contribution is -2.50. The Morgan fingerprint density at radius 2 is 1.83 bits per heavy atom. The van der Waals surface area contributed by atoms with E-state index >= 15 is 0 Å². The van der Waals surface area contributed by atoms with Crippen molar-refractivity contribution in [3.8, 4) is 0 Å². The zero-order chi connectivity index (χ0) is 16.4. The smallest absolute Gasteiger partial charge is 0.254 e. The van der Waals surface area contributed by atoms with Crippen LogP contribution < -0.4 is 0 Å². The molecule has 2 fully saturated rings. The molecule has 1 amide bonds. The predicted octanol–water partition coefficient (Wildman–Crippen LogP) is 2.78. The summed E-state index contributed by atoms with van der Waals surface area (Å²) in [5, 5.41) is 2.17. The summed E-state index contributed by atoms with van der Waals surface area (Å²) < 4.78 is 5.73. The number of fused-ring (bicyclic) bond motifs is 1. The van der Waals surface area contributed by atoms with Gasteiger partial charge in [-0.2, -0.15) is 0 Å². The standard InChI is InChI=1S/C20H24N2O2/c23-20(19-9-3-6-16-5-1-2-8-18(16)19)22-12-10-21(11-13-22)15-17-7-4-14-24-17/h1-3,5-6,8-9,17H,4,7,10-15H2/t17-/m1/s1. The molecule has 4 nitrogen and oxygen atoms in total. The van der Waals surface area contributed by atoms with Crippen molar-refractivity contribution in [1.29, 1.82) is 0 Å². The van der Waals surface area contributed by atoms with E-state index in [0.29, 0.717) is 6.10 Å². The van der Waals surface area contributed by atoms with Crippen molar-refractivity contribution < 1.29 is 9.53 Å². The number of amides is 1. The maximum Gasteiger partial charge on any atom is 0.254 e. The van der Waals surface area contributed by atoms with Gasteiger partial charge < -0.3 is 9.64 Å². The van der Waals surface area contributed by atoms with Gasteiger partial charge >= 0.3 is 0 Å². The minimum absolute atomic E-state index is 0.156. The van der Waals surface area contributed by atoms with Crippen molar-refractivity contribution in [3.63, 3.8) is 0 Å². The van der Waals surface area contributed by atoms with Gasteiger partial charge in [-0.25, -0.2) is 0 Å². The molecule has 0 unspecified atom stereocenters. The molecule has 4 rings (SSSR count). The number of ether oxygens (including phenoxy) is 1. The number of hydrogen-bond donors (Lipinski definition) is 0. The zero-order valence-corrected chi connectivity index (χ0v) is 14.0. The summed E-state index contributed by atoms with van der Waals surface area (Å²) in [5.74, 6) is 0.156. The summed E-state index contributed by atoms with van der Waals surface area (Å²) in [7, 11) is 0. The zero-order valence-electron chi connectivity index (χ0n) is 14.0. The highest BCUT2D eigenvalue weighted by Gasteiger charge is 2.26. The average Bonchev–Trinajstić information content (AvgIpc) is 3.14. The van der Waals surface area contributed by atoms with E-state index in [0.717, 1.165) is 55.7 Å². The van der Waals surface area contributed by atoms with Gasteiger partial charge in [0.1, 0.15) is 0 Å². The second-order valence-corrected chi connectivity index (χ2v) is 6.75. The van der Waals surface area contributed by atoms with Crippen LogP contribution in [0.1, 0.15) is 23.2 Å². The van der Waals surface area contributed by atoms with Gasteiger partial charge in [0.25, 0.3) is 5.91 Å². The molecule has 0 spiro atoms. The number of piperazine rings is 1. The van der Waals surface area contributed by atoms with Gasteiger partial charge in [-0.15, -0.1) is 0 Å². The SMILES string of the molecule is O=C(c1cccc2ccccc12)N1CCN(C[C@H]2CCCO2)CC1. The molecular weight excluding hydrogens is 300 g/mol. The maximum atomic E-state index is 12.9. The summed E-state index contributed by atoms with van der Waals surface area (Å²) in [4.78, 5) is 17.4. The van der Waals surface area contributed by atoms with Crippen molar-refractivity contribution in [1.82, 2.24) is 9.80 Å². The van der Waals surface area contributed by atoms with Crippen LogP contribution in [0.2, 0.25) is 0 Å². The highest BCUT2D eigenvalue weighted by Crippen LogP contribution is 2.21. The van der Waals surface area contributed by atoms with Crippen LogP contribution in [0.4, 0.5) is 0 Å². The molecule has 2 saturated heterocycles. The van der Waals surface area contributed by atoms with Crippen LogP contribution in [-0.4, -0.2) is 61.1 Å². The molecule has 2 aliphatic rings. The Morgan fingerprint density at radius 3 is 2.62 bits per heavy atom. The topological polar surface area (TPSA) is 32.8 Å². The Labute approximate surface area is 143 Å². The number of benzene rings is 2. The van der Waals surface area contributed by atoms with Gasteiger partial charge in [-0.05, 0) is 29.7 Å². The fraction of sp³-hybridized carbons (Fsp3) is 0.450. The highest BCUT2D eigenvalue weighted by atomic mass is 16.5. The second kappa shape index (κ2) is 6.91. The number of rotatable bonds is 3. The summed E-state index contributed by atoms with van der Waals surface area (Å²) in [5.41, 5.74) is 0.820. The van der Waals surface area contributed by atoms with Crippen molar-refractivity contribution in [2.75, 3.05) is 39.3 Å². The Bertz CT molecular complexity index is 711. The first-order valence-corrected chi connectivity index (χ1v) is 8.92. The van der Waals surface area contributed by atoms with Crippen LogP contribution in [-0.2, 0) is 4.74 Å². The molecule has 0 bridgehead atoms. The number of carbonyl (C=O) groups is 1. The van der Waals surface area contributed by atoms with E-state index in [4.69, 9.17) is 4.74 Å². The molecule has 2 aliphatic heterocycles. The highest BCUT2D eigenvalue weighted by molar-refractivity contribution is 6.07. The number of nitrogens with zero attached hydrogens (tertiary/aromatic N) is 2. The van der Waals surface area contributed by atoms with E-state index in [2.05, 4.69) is 17.0 Å². The van der Waals surface area contributed by atoms with E-state index in [1.165, 1.54) is 12.8 Å². The predicted molar refractivity (Wildman–Crippen MR) is 95.3 cm³/mol. The van der Waals surface area contributed by atoms with Crippen molar-refractivity contribution >= 4 is 16.7 Å². The van der Waals surface area contributed by atoms with Crippen molar-refractivity contribution in [2.24, 2.45) is 0 Å². The lowest BCUT2D eigenvalue weighted by atomic mass is 10.0. The van der Waals surface area contributed by atoms with E-state index in [-0.39, 0.29) is 5.91 Å². The van der Waals surface area contributed by atoms with Gasteiger partial charge in [-0.1, -0.05) is 36.4 Å². The maximum absolute atomic E-state index is 12.9. The molecule has 2 aromatic carbocycles. The first-order chi connectivity index (χ1) is 11.8. The lowest BCUT2D eigenvalue weighted by Gasteiger charge is -2.35. The van der Waals surface area contributed by atoms with E-state index < -0.39 is 0 Å². The second-order valence-electron chi connectivity index (χ2n) is 6.75. The van der Waals surface area contributed by atoms with Crippen LogP contribution in [0.25, 0.3) is 10.8 Å². The molecule has 126 valence electrons. The molecule has 24 heavy (non-hydrogen) atoms. The van der Waals surface area contributed by atoms with Crippen molar-refractivity contribution in [2.45, 2.75) is 18.9 Å². The van der Waals surface area contributed by atoms with E-state index in [1.807, 2.05) is 35.2 Å².